The van der Waals surface area contributed by atoms with Crippen LogP contribution in [0.15, 0.2) is 21.7 Å². The molecule has 112 valence electrons. The van der Waals surface area contributed by atoms with Gasteiger partial charge in [-0.05, 0) is 6.07 Å². The van der Waals surface area contributed by atoms with Crippen molar-refractivity contribution in [3.63, 3.8) is 0 Å². The highest BCUT2D eigenvalue weighted by Gasteiger charge is 2.20. The normalized spacial score (nSPS) is 10.5. The van der Waals surface area contributed by atoms with Crippen LogP contribution in [0.4, 0.5) is 4.39 Å². The van der Waals surface area contributed by atoms with Crippen LogP contribution in [0.3, 0.4) is 0 Å². The minimum atomic E-state index is -1.50. The molecule has 0 saturated heterocycles. The summed E-state index contributed by atoms with van der Waals surface area (Å²) in [4.78, 5) is 24.6. The first kappa shape index (κ1) is 14.9. The second kappa shape index (κ2) is 5.49. The topological polar surface area (TPSA) is 93.6 Å². The predicted molar refractivity (Wildman–Crippen MR) is 72.4 cm³/mol. The fraction of sp³-hybridized carbons (Fsp3) is 0.167. The second-order valence-corrected chi connectivity index (χ2v) is 4.30. The van der Waals surface area contributed by atoms with Crippen molar-refractivity contribution >= 4 is 11.6 Å². The van der Waals surface area contributed by atoms with Gasteiger partial charge in [-0.1, -0.05) is 11.6 Å². The molecule has 0 radical (unpaired) electrons. The van der Waals surface area contributed by atoms with Crippen molar-refractivity contribution in [1.82, 2.24) is 9.55 Å². The van der Waals surface area contributed by atoms with Crippen LogP contribution >= 0.6 is 11.6 Å². The molecule has 0 aliphatic rings. The molecule has 1 aromatic heterocycles. The maximum atomic E-state index is 13.5. The average Bonchev–Trinajstić information content (AvgIpc) is 2.45. The summed E-state index contributed by atoms with van der Waals surface area (Å²) in [6, 6.07) is 2.59. The van der Waals surface area contributed by atoms with Crippen molar-refractivity contribution < 1.29 is 19.0 Å². The SMILES string of the molecule is COc1cc(OC)c(-n2c(O)c(F)c(=O)[nH]c2=O)cc1Cl. The highest BCUT2D eigenvalue weighted by Crippen LogP contribution is 2.35. The summed E-state index contributed by atoms with van der Waals surface area (Å²) < 4.78 is 24.1. The van der Waals surface area contributed by atoms with Crippen molar-refractivity contribution in [2.45, 2.75) is 0 Å². The summed E-state index contributed by atoms with van der Waals surface area (Å²) in [5.74, 6) is -2.30. The molecule has 0 spiro atoms. The Labute approximate surface area is 122 Å². The van der Waals surface area contributed by atoms with Gasteiger partial charge in [-0.3, -0.25) is 9.78 Å². The molecule has 0 saturated carbocycles. The molecule has 7 nitrogen and oxygen atoms in total. The number of hydrogen-bond acceptors (Lipinski definition) is 5. The molecule has 2 rings (SSSR count). The Bertz CT molecular complexity index is 815. The minimum Gasteiger partial charge on any atom is -0.495 e. The fourth-order valence-electron chi connectivity index (χ4n) is 1.75. The van der Waals surface area contributed by atoms with Crippen LogP contribution < -0.4 is 20.7 Å². The number of aromatic amines is 1. The smallest absolute Gasteiger partial charge is 0.336 e. The van der Waals surface area contributed by atoms with Gasteiger partial charge in [-0.2, -0.15) is 4.39 Å². The third kappa shape index (κ3) is 2.45. The van der Waals surface area contributed by atoms with Gasteiger partial charge in [0.1, 0.15) is 11.5 Å². The van der Waals surface area contributed by atoms with Crippen LogP contribution in [-0.2, 0) is 0 Å². The molecule has 1 aromatic carbocycles. The molecule has 0 atom stereocenters. The molecular weight excluding hydrogens is 307 g/mol. The van der Waals surface area contributed by atoms with E-state index in [2.05, 4.69) is 0 Å². The quantitative estimate of drug-likeness (QED) is 0.882. The van der Waals surface area contributed by atoms with Gasteiger partial charge >= 0.3 is 5.69 Å². The Kier molecular flexibility index (Phi) is 3.90. The van der Waals surface area contributed by atoms with E-state index in [4.69, 9.17) is 21.1 Å². The summed E-state index contributed by atoms with van der Waals surface area (Å²) in [6.45, 7) is 0. The number of aromatic nitrogens is 2. The van der Waals surface area contributed by atoms with Crippen molar-refractivity contribution in [2.24, 2.45) is 0 Å². The van der Waals surface area contributed by atoms with Crippen molar-refractivity contribution in [2.75, 3.05) is 14.2 Å². The van der Waals surface area contributed by atoms with Gasteiger partial charge in [-0.25, -0.2) is 9.36 Å². The van der Waals surface area contributed by atoms with Crippen LogP contribution in [-0.4, -0.2) is 28.9 Å². The molecular formula is C12H10ClFN2O5. The molecule has 9 heteroatoms. The highest BCUT2D eigenvalue weighted by atomic mass is 35.5. The number of nitrogens with one attached hydrogen (secondary N) is 1. The molecule has 2 aromatic rings. The number of H-pyrrole nitrogens is 1. The molecule has 21 heavy (non-hydrogen) atoms. The number of aromatic hydroxyl groups is 1. The molecule has 2 N–H and O–H groups in total. The summed E-state index contributed by atoms with van der Waals surface area (Å²) in [5.41, 5.74) is -2.42. The highest BCUT2D eigenvalue weighted by molar-refractivity contribution is 6.32. The van der Waals surface area contributed by atoms with Gasteiger partial charge in [0.25, 0.3) is 5.56 Å². The first-order valence-electron chi connectivity index (χ1n) is 5.56. The first-order valence-corrected chi connectivity index (χ1v) is 5.94. The van der Waals surface area contributed by atoms with Crippen LogP contribution in [0.25, 0.3) is 5.69 Å². The Morgan fingerprint density at radius 2 is 1.86 bits per heavy atom. The molecule has 0 bridgehead atoms. The lowest BCUT2D eigenvalue weighted by Crippen LogP contribution is -2.31. The first-order chi connectivity index (χ1) is 9.90. The third-order valence-electron chi connectivity index (χ3n) is 2.73. The Morgan fingerprint density at radius 3 is 2.43 bits per heavy atom. The van der Waals surface area contributed by atoms with E-state index < -0.39 is 22.9 Å². The maximum absolute atomic E-state index is 13.5. The van der Waals surface area contributed by atoms with Crippen LogP contribution in [0.2, 0.25) is 5.02 Å². The molecule has 0 amide bonds. The number of hydrogen-bond donors (Lipinski definition) is 2. The molecule has 0 aliphatic carbocycles. The number of benzene rings is 1. The lowest BCUT2D eigenvalue weighted by molar-refractivity contribution is 0.374. The van der Waals surface area contributed by atoms with E-state index in [1.54, 1.807) is 4.98 Å². The zero-order valence-corrected chi connectivity index (χ0v) is 11.7. The third-order valence-corrected chi connectivity index (χ3v) is 3.02. The van der Waals surface area contributed by atoms with Gasteiger partial charge < -0.3 is 14.6 Å². The summed E-state index contributed by atoms with van der Waals surface area (Å²) >= 11 is 5.94. The van der Waals surface area contributed by atoms with Crippen molar-refractivity contribution in [1.29, 1.82) is 0 Å². The van der Waals surface area contributed by atoms with Gasteiger partial charge in [0.2, 0.25) is 11.7 Å². The van der Waals surface area contributed by atoms with E-state index in [1.807, 2.05) is 0 Å². The van der Waals surface area contributed by atoms with E-state index in [1.165, 1.54) is 26.4 Å². The monoisotopic (exact) mass is 316 g/mol. The zero-order chi connectivity index (χ0) is 15.7. The largest absolute Gasteiger partial charge is 0.495 e. The van der Waals surface area contributed by atoms with Crippen molar-refractivity contribution in [3.8, 4) is 23.1 Å². The lowest BCUT2D eigenvalue weighted by Gasteiger charge is -2.14. The summed E-state index contributed by atoms with van der Waals surface area (Å²) in [5, 5.41) is 9.79. The summed E-state index contributed by atoms with van der Waals surface area (Å²) in [7, 11) is 2.68. The molecule has 0 fully saturated rings. The van der Waals surface area contributed by atoms with Gasteiger partial charge in [-0.15, -0.1) is 0 Å². The van der Waals surface area contributed by atoms with Gasteiger partial charge in [0.05, 0.1) is 24.9 Å². The standard InChI is InChI=1S/C12H10ClFN2O5/c1-20-7-4-8(21-2)6(3-5(7)13)16-11(18)9(14)10(17)15-12(16)19/h3-4,18H,1-2H3,(H,15,17,19). The minimum absolute atomic E-state index is 0.0547. The van der Waals surface area contributed by atoms with Gasteiger partial charge in [0.15, 0.2) is 0 Å². The lowest BCUT2D eigenvalue weighted by atomic mass is 10.2. The Morgan fingerprint density at radius 1 is 1.24 bits per heavy atom. The number of ether oxygens (including phenoxy) is 2. The number of nitrogens with zero attached hydrogens (tertiary/aromatic N) is 1. The van der Waals surface area contributed by atoms with E-state index >= 15 is 0 Å². The number of halogens is 2. The second-order valence-electron chi connectivity index (χ2n) is 3.89. The molecule has 0 unspecified atom stereocenters. The predicted octanol–water partition coefficient (Wildman–Crippen LogP) is 1.04. The van der Waals surface area contributed by atoms with E-state index in [9.17, 15) is 19.1 Å². The van der Waals surface area contributed by atoms with Crippen LogP contribution in [0, 0.1) is 5.82 Å². The fourth-order valence-corrected chi connectivity index (χ4v) is 1.98. The number of rotatable bonds is 3. The average molecular weight is 317 g/mol. The van der Waals surface area contributed by atoms with Gasteiger partial charge in [0, 0.05) is 6.07 Å². The number of methoxy groups -OCH3 is 2. The van der Waals surface area contributed by atoms with E-state index in [0.717, 1.165) is 0 Å². The molecule has 1 heterocycles. The zero-order valence-electron chi connectivity index (χ0n) is 10.9. The summed E-state index contributed by atoms with van der Waals surface area (Å²) in [6.07, 6.45) is 0. The molecule has 0 aliphatic heterocycles. The maximum Gasteiger partial charge on any atom is 0.336 e. The van der Waals surface area contributed by atoms with Crippen molar-refractivity contribution in [3.05, 3.63) is 43.8 Å². The Balaban J connectivity index is 2.85. The van der Waals surface area contributed by atoms with Crippen LogP contribution in [0.5, 0.6) is 17.4 Å². The van der Waals surface area contributed by atoms with E-state index in [0.29, 0.717) is 4.57 Å². The van der Waals surface area contributed by atoms with Crippen LogP contribution in [0.1, 0.15) is 0 Å². The Hall–Kier alpha value is -2.48. The van der Waals surface area contributed by atoms with E-state index in [-0.39, 0.29) is 22.2 Å².